The van der Waals surface area contributed by atoms with E-state index < -0.39 is 28.8 Å². The van der Waals surface area contributed by atoms with Crippen LogP contribution in [-0.4, -0.2) is 45.1 Å². The molecule has 192 valence electrons. The molecule has 0 aliphatic carbocycles. The number of fused-ring (bicyclic) bond motifs is 2. The fraction of sp³-hybridized carbons (Fsp3) is 0.200. The number of carbonyl (C=O) groups is 2. The van der Waals surface area contributed by atoms with E-state index in [0.29, 0.717) is 0 Å². The zero-order chi connectivity index (χ0) is 26.8. The number of esters is 1. The lowest BCUT2D eigenvalue weighted by molar-refractivity contribution is -0.0337. The highest BCUT2D eigenvalue weighted by molar-refractivity contribution is 8.00. The molecule has 0 bridgehead atoms. The van der Waals surface area contributed by atoms with Gasteiger partial charge in [0.1, 0.15) is 11.0 Å². The average molecular weight is 554 g/mol. The topological polar surface area (TPSA) is 116 Å². The van der Waals surface area contributed by atoms with Crippen LogP contribution in [0, 0.1) is 6.92 Å². The number of hydrogen-bond acceptors (Lipinski definition) is 9. The number of carboxylic acids is 1. The van der Waals surface area contributed by atoms with Gasteiger partial charge in [0.15, 0.2) is 11.2 Å². The van der Waals surface area contributed by atoms with Gasteiger partial charge in [0.2, 0.25) is 0 Å². The lowest BCUT2D eigenvalue weighted by Gasteiger charge is -2.07. The van der Waals surface area contributed by atoms with Crippen molar-refractivity contribution in [1.29, 1.82) is 0 Å². The summed E-state index contributed by atoms with van der Waals surface area (Å²) in [5, 5.41) is 8.69. The minimum Gasteiger partial charge on any atom is -0.474 e. The van der Waals surface area contributed by atoms with Crippen molar-refractivity contribution in [3.05, 3.63) is 47.7 Å². The number of carbonyl (C=O) groups excluding carboxylic acids is 1. The highest BCUT2D eigenvalue weighted by Gasteiger charge is 2.31. The lowest BCUT2D eigenvalue weighted by atomic mass is 10.2. The largest absolute Gasteiger partial charge is 0.474 e. The second-order valence-electron chi connectivity index (χ2n) is 6.60. The molecular weight excluding hydrogens is 542 g/mol. The van der Waals surface area contributed by atoms with E-state index >= 15 is 0 Å². The number of hydrogen-bond donors (Lipinski definition) is 1. The molecule has 4 aromatic rings. The number of nitrogens with zero attached hydrogens (tertiary/aromatic N) is 2. The Morgan fingerprint density at radius 3 is 2.11 bits per heavy atom. The van der Waals surface area contributed by atoms with Crippen LogP contribution in [0.1, 0.15) is 26.9 Å². The van der Waals surface area contributed by atoms with E-state index in [9.17, 15) is 35.9 Å². The first kappa shape index (κ1) is 27.2. The quantitative estimate of drug-likeness (QED) is 0.167. The zero-order valence-corrected chi connectivity index (χ0v) is 19.5. The van der Waals surface area contributed by atoms with Crippen molar-refractivity contribution in [3.63, 3.8) is 0 Å². The molecule has 0 saturated carbocycles. The molecule has 0 aliphatic rings. The van der Waals surface area contributed by atoms with Crippen LogP contribution in [-0.2, 0) is 4.74 Å². The molecule has 0 saturated heterocycles. The molecule has 0 fully saturated rings. The summed E-state index contributed by atoms with van der Waals surface area (Å²) in [5.41, 5.74) is -7.86. The Labute approximate surface area is 205 Å². The molecule has 0 aliphatic heterocycles. The predicted octanol–water partition coefficient (Wildman–Crippen LogP) is 6.67. The van der Waals surface area contributed by atoms with Crippen molar-refractivity contribution in [2.75, 3.05) is 7.11 Å². The van der Waals surface area contributed by atoms with Gasteiger partial charge >= 0.3 is 34.7 Å². The first-order chi connectivity index (χ1) is 16.7. The van der Waals surface area contributed by atoms with E-state index in [2.05, 4.69) is 14.7 Å². The molecular formula is C20H12F6N2O6S2. The molecule has 4 rings (SSSR count). The van der Waals surface area contributed by atoms with Gasteiger partial charge in [-0.1, -0.05) is 0 Å². The van der Waals surface area contributed by atoms with Crippen LogP contribution < -0.4 is 0 Å². The van der Waals surface area contributed by atoms with Crippen LogP contribution in [0.4, 0.5) is 26.3 Å². The number of aryl methyl sites for hydroxylation is 1. The van der Waals surface area contributed by atoms with Gasteiger partial charge in [-0.2, -0.15) is 26.3 Å². The van der Waals surface area contributed by atoms with Crippen molar-refractivity contribution in [1.82, 2.24) is 9.97 Å². The third-order valence-electron chi connectivity index (χ3n) is 4.13. The second kappa shape index (κ2) is 10.3. The number of aromatic carboxylic acids is 1. The Hall–Kier alpha value is -3.40. The molecule has 0 atom stereocenters. The number of aromatic nitrogens is 2. The maximum atomic E-state index is 12.3. The van der Waals surface area contributed by atoms with E-state index in [-0.39, 0.29) is 67.0 Å². The van der Waals surface area contributed by atoms with Crippen molar-refractivity contribution in [2.45, 2.75) is 27.7 Å². The maximum absolute atomic E-state index is 12.3. The Kier molecular flexibility index (Phi) is 7.78. The predicted molar refractivity (Wildman–Crippen MR) is 115 cm³/mol. The van der Waals surface area contributed by atoms with Gasteiger partial charge in [-0.05, 0) is 66.3 Å². The van der Waals surface area contributed by atoms with Crippen molar-refractivity contribution in [2.24, 2.45) is 0 Å². The average Bonchev–Trinajstić information content (AvgIpc) is 3.38. The normalized spacial score (nSPS) is 11.9. The lowest BCUT2D eigenvalue weighted by Crippen LogP contribution is -2.00. The minimum atomic E-state index is -4.40. The molecule has 36 heavy (non-hydrogen) atoms. The molecule has 0 unspecified atom stereocenters. The number of benzene rings is 2. The fourth-order valence-corrected chi connectivity index (χ4v) is 3.92. The summed E-state index contributed by atoms with van der Waals surface area (Å²) in [4.78, 5) is 29.1. The van der Waals surface area contributed by atoms with Crippen LogP contribution in [0.15, 0.2) is 49.0 Å². The van der Waals surface area contributed by atoms with Gasteiger partial charge in [-0.25, -0.2) is 19.6 Å². The SMILES string of the molecule is COC(=O)c1nc2cc(SC(F)(F)F)ccc2o1.Cc1c(SC(F)(F)F)ccc2oc(C(=O)O)nc12. The molecule has 0 amide bonds. The smallest absolute Gasteiger partial charge is 0.446 e. The summed E-state index contributed by atoms with van der Waals surface area (Å²) >= 11 is -0.528. The first-order valence-electron chi connectivity index (χ1n) is 9.30. The third kappa shape index (κ3) is 6.84. The first-order valence-corrected chi connectivity index (χ1v) is 10.9. The van der Waals surface area contributed by atoms with E-state index in [1.54, 1.807) is 0 Å². The highest BCUT2D eigenvalue weighted by Crippen LogP contribution is 2.40. The van der Waals surface area contributed by atoms with Gasteiger partial charge in [0.25, 0.3) is 0 Å². The van der Waals surface area contributed by atoms with E-state index in [1.807, 2.05) is 0 Å². The molecule has 8 nitrogen and oxygen atoms in total. The zero-order valence-electron chi connectivity index (χ0n) is 17.9. The summed E-state index contributed by atoms with van der Waals surface area (Å²) in [7, 11) is 1.15. The van der Waals surface area contributed by atoms with Gasteiger partial charge in [0.05, 0.1) is 7.11 Å². The van der Waals surface area contributed by atoms with Crippen molar-refractivity contribution >= 4 is 57.7 Å². The van der Waals surface area contributed by atoms with Crippen molar-refractivity contribution in [3.8, 4) is 0 Å². The van der Waals surface area contributed by atoms with Gasteiger partial charge in [0, 0.05) is 9.79 Å². The van der Waals surface area contributed by atoms with E-state index in [1.165, 1.54) is 37.3 Å². The fourth-order valence-electron chi connectivity index (χ4n) is 2.71. The van der Waals surface area contributed by atoms with E-state index in [4.69, 9.17) is 13.9 Å². The number of thioether (sulfide) groups is 2. The summed E-state index contributed by atoms with van der Waals surface area (Å²) in [6, 6.07) is 6.27. The van der Waals surface area contributed by atoms with Crippen LogP contribution in [0.25, 0.3) is 22.2 Å². The number of halogens is 6. The molecule has 0 radical (unpaired) electrons. The van der Waals surface area contributed by atoms with Crippen LogP contribution in [0.3, 0.4) is 0 Å². The number of oxazole rings is 2. The second-order valence-corrected chi connectivity index (χ2v) is 8.84. The van der Waals surface area contributed by atoms with E-state index in [0.717, 1.165) is 7.11 Å². The molecule has 0 spiro atoms. The van der Waals surface area contributed by atoms with Gasteiger partial charge in [-0.3, -0.25) is 0 Å². The summed E-state index contributed by atoms with van der Waals surface area (Å²) < 4.78 is 87.7. The van der Waals surface area contributed by atoms with Crippen LogP contribution in [0.5, 0.6) is 0 Å². The van der Waals surface area contributed by atoms with Gasteiger partial charge < -0.3 is 18.7 Å². The molecule has 16 heteroatoms. The number of carboxylic acid groups (broad SMARTS) is 1. The van der Waals surface area contributed by atoms with Crippen LogP contribution >= 0.6 is 23.5 Å². The van der Waals surface area contributed by atoms with Gasteiger partial charge in [-0.15, -0.1) is 0 Å². The minimum absolute atomic E-state index is 0.0276. The molecule has 1 N–H and O–H groups in total. The number of methoxy groups -OCH3 is 1. The van der Waals surface area contributed by atoms with Crippen LogP contribution in [0.2, 0.25) is 0 Å². The summed E-state index contributed by atoms with van der Waals surface area (Å²) in [6.45, 7) is 1.44. The number of rotatable bonds is 4. The Morgan fingerprint density at radius 2 is 1.53 bits per heavy atom. The number of ether oxygens (including phenoxy) is 1. The summed E-state index contributed by atoms with van der Waals surface area (Å²) in [6.07, 6.45) is 0. The standard InChI is InChI=1S/2C10H6F3NO3S/c1-16-9(15)8-14-6-4-5(18-10(11,12)13)2-3-7(6)17-8;1-4-6(18-10(11,12)13)3-2-5-7(4)14-8(17-5)9(15)16/h2-4H,1H3;2-3H,1H3,(H,15,16). The Morgan fingerprint density at radius 1 is 0.917 bits per heavy atom. The Bertz CT molecular complexity index is 1430. The number of alkyl halides is 6. The van der Waals surface area contributed by atoms with Crippen molar-refractivity contribution < 1.29 is 54.6 Å². The highest BCUT2D eigenvalue weighted by atomic mass is 32.2. The Balaban J connectivity index is 0.000000201. The third-order valence-corrected chi connectivity index (χ3v) is 5.74. The molecule has 2 aromatic heterocycles. The molecule has 2 heterocycles. The molecule has 2 aromatic carbocycles. The maximum Gasteiger partial charge on any atom is 0.446 e. The summed E-state index contributed by atoms with van der Waals surface area (Å²) in [5.74, 6) is -2.98. The monoisotopic (exact) mass is 554 g/mol.